The van der Waals surface area contributed by atoms with Gasteiger partial charge in [-0.2, -0.15) is 13.2 Å². The number of allylic oxidation sites excluding steroid dienone is 1. The summed E-state index contributed by atoms with van der Waals surface area (Å²) in [6.07, 6.45) is 1.65. The van der Waals surface area contributed by atoms with Crippen LogP contribution in [0.3, 0.4) is 0 Å². The molecule has 6 nitrogen and oxygen atoms in total. The number of alkyl halides is 3. The minimum atomic E-state index is -4.36. The normalized spacial score (nSPS) is 12.6. The number of aliphatic carboxylic acids is 1. The lowest BCUT2D eigenvalue weighted by atomic mass is 10.1. The van der Waals surface area contributed by atoms with Crippen molar-refractivity contribution in [3.8, 4) is 0 Å². The number of carboxylic acid groups (broad SMARTS) is 1. The molecule has 1 aromatic carbocycles. The summed E-state index contributed by atoms with van der Waals surface area (Å²) < 4.78 is 37.2. The minimum Gasteiger partial charge on any atom is -0.480 e. The van der Waals surface area contributed by atoms with Crippen LogP contribution in [-0.4, -0.2) is 36.2 Å². The van der Waals surface area contributed by atoms with Crippen molar-refractivity contribution in [2.75, 3.05) is 6.54 Å². The van der Waals surface area contributed by atoms with Crippen molar-refractivity contribution >= 4 is 24.6 Å². The van der Waals surface area contributed by atoms with Gasteiger partial charge in [0.2, 0.25) is 0 Å². The number of nitrogens with zero attached hydrogens (tertiary/aromatic N) is 1. The molecule has 0 heterocycles. The lowest BCUT2D eigenvalue weighted by Crippen LogP contribution is -2.19. The highest BCUT2D eigenvalue weighted by atomic mass is 19.4. The van der Waals surface area contributed by atoms with Gasteiger partial charge < -0.3 is 16.6 Å². The molecule has 0 radical (unpaired) electrons. The van der Waals surface area contributed by atoms with Crippen LogP contribution in [0.15, 0.2) is 35.3 Å². The van der Waals surface area contributed by atoms with E-state index in [4.69, 9.17) is 16.2 Å². The van der Waals surface area contributed by atoms with Crippen LogP contribution in [0.5, 0.6) is 0 Å². The topological polar surface area (TPSA) is 126 Å². The van der Waals surface area contributed by atoms with Crippen LogP contribution >= 0.6 is 0 Å². The second kappa shape index (κ2) is 11.8. The summed E-state index contributed by atoms with van der Waals surface area (Å²) in [6, 6.07) is 3.77. The number of rotatable bonds is 7. The SMILES string of the molecule is N=CN.NCCCC(N=C/C=C/c1ccc(C(F)(F)F)cc1)C(=O)O. The summed E-state index contributed by atoms with van der Waals surface area (Å²) in [6.45, 7) is 0.390. The predicted octanol–water partition coefficient (Wildman–Crippen LogP) is 2.53. The molecule has 25 heavy (non-hydrogen) atoms. The molecule has 0 aliphatic rings. The summed E-state index contributed by atoms with van der Waals surface area (Å²) in [5.41, 5.74) is 9.55. The third-order valence-corrected chi connectivity index (χ3v) is 2.85. The van der Waals surface area contributed by atoms with Crippen molar-refractivity contribution in [2.24, 2.45) is 16.5 Å². The van der Waals surface area contributed by atoms with E-state index in [1.165, 1.54) is 24.4 Å². The van der Waals surface area contributed by atoms with Crippen LogP contribution in [0.1, 0.15) is 24.0 Å². The van der Waals surface area contributed by atoms with Gasteiger partial charge in [-0.3, -0.25) is 10.4 Å². The average Bonchev–Trinajstić information content (AvgIpc) is 2.54. The summed E-state index contributed by atoms with van der Waals surface area (Å²) in [7, 11) is 0. The molecule has 9 heteroatoms. The van der Waals surface area contributed by atoms with Crippen LogP contribution in [0.2, 0.25) is 0 Å². The number of nitrogens with two attached hydrogens (primary N) is 2. The average molecular weight is 358 g/mol. The number of halogens is 3. The Hall–Kier alpha value is -2.68. The molecule has 0 bridgehead atoms. The first-order chi connectivity index (χ1) is 11.8. The number of hydrogen-bond donors (Lipinski definition) is 4. The number of hydrogen-bond acceptors (Lipinski definition) is 4. The van der Waals surface area contributed by atoms with E-state index >= 15 is 0 Å². The number of carboxylic acids is 1. The van der Waals surface area contributed by atoms with Gasteiger partial charge >= 0.3 is 12.1 Å². The van der Waals surface area contributed by atoms with E-state index in [1.54, 1.807) is 6.08 Å². The number of aliphatic imine (C=N–C) groups is 1. The maximum atomic E-state index is 12.4. The molecule has 1 unspecified atom stereocenters. The van der Waals surface area contributed by atoms with E-state index in [-0.39, 0.29) is 0 Å². The van der Waals surface area contributed by atoms with E-state index in [0.717, 1.165) is 18.5 Å². The zero-order chi connectivity index (χ0) is 19.3. The summed E-state index contributed by atoms with van der Waals surface area (Å²) in [4.78, 5) is 14.8. The van der Waals surface area contributed by atoms with Crippen molar-refractivity contribution in [2.45, 2.75) is 25.1 Å². The number of nitrogens with one attached hydrogen (secondary N) is 1. The highest BCUT2D eigenvalue weighted by Crippen LogP contribution is 2.29. The van der Waals surface area contributed by atoms with Gasteiger partial charge in [-0.15, -0.1) is 0 Å². The van der Waals surface area contributed by atoms with Gasteiger partial charge in [-0.25, -0.2) is 4.79 Å². The molecule has 0 amide bonds. The second-order valence-corrected chi connectivity index (χ2v) is 4.73. The molecule has 0 spiro atoms. The Morgan fingerprint density at radius 2 is 1.88 bits per heavy atom. The van der Waals surface area contributed by atoms with E-state index in [9.17, 15) is 18.0 Å². The Balaban J connectivity index is 0.00000178. The largest absolute Gasteiger partial charge is 0.480 e. The number of carbonyl (C=O) groups is 1. The van der Waals surface area contributed by atoms with Gasteiger partial charge in [-0.05, 0) is 43.2 Å². The van der Waals surface area contributed by atoms with E-state index < -0.39 is 23.8 Å². The Morgan fingerprint density at radius 3 is 2.32 bits per heavy atom. The quantitative estimate of drug-likeness (QED) is 0.441. The lowest BCUT2D eigenvalue weighted by molar-refractivity contribution is -0.139. The molecule has 1 atom stereocenters. The first kappa shape index (κ1) is 22.3. The van der Waals surface area contributed by atoms with Crippen LogP contribution in [0, 0.1) is 5.41 Å². The van der Waals surface area contributed by atoms with Gasteiger partial charge in [0.1, 0.15) is 6.04 Å². The standard InChI is InChI=1S/C15H17F3N2O2.CH4N2/c16-15(17,18)12-7-5-11(6-8-12)3-2-10-20-13(14(21)22)4-1-9-19;2-1-3/h2-3,5-8,10,13H,1,4,9,19H2,(H,21,22);1H,(H3,2,3)/b3-2+,20-10?;. The van der Waals surface area contributed by atoms with Crippen LogP contribution < -0.4 is 11.5 Å². The van der Waals surface area contributed by atoms with Gasteiger partial charge in [0.25, 0.3) is 0 Å². The Kier molecular flexibility index (Phi) is 10.5. The molecule has 1 rings (SSSR count). The third-order valence-electron chi connectivity index (χ3n) is 2.85. The molecule has 1 aromatic rings. The molecule has 0 aliphatic heterocycles. The lowest BCUT2D eigenvalue weighted by Gasteiger charge is -2.06. The van der Waals surface area contributed by atoms with Crippen molar-refractivity contribution in [1.82, 2.24) is 0 Å². The minimum absolute atomic E-state index is 0.344. The van der Waals surface area contributed by atoms with Crippen LogP contribution in [0.25, 0.3) is 6.08 Å². The summed E-state index contributed by atoms with van der Waals surface area (Å²) >= 11 is 0. The highest BCUT2D eigenvalue weighted by Gasteiger charge is 2.29. The molecule has 138 valence electrons. The first-order valence-electron chi connectivity index (χ1n) is 7.26. The smallest absolute Gasteiger partial charge is 0.416 e. The number of benzene rings is 1. The van der Waals surface area contributed by atoms with Crippen LogP contribution in [-0.2, 0) is 11.0 Å². The molecule has 0 aromatic heterocycles. The fourth-order valence-electron chi connectivity index (χ4n) is 1.66. The monoisotopic (exact) mass is 358 g/mol. The van der Waals surface area contributed by atoms with Crippen molar-refractivity contribution < 1.29 is 23.1 Å². The molecule has 0 saturated carbocycles. The molecule has 6 N–H and O–H groups in total. The third kappa shape index (κ3) is 9.92. The van der Waals surface area contributed by atoms with E-state index in [0.29, 0.717) is 24.9 Å². The second-order valence-electron chi connectivity index (χ2n) is 4.73. The summed E-state index contributed by atoms with van der Waals surface area (Å²) in [5, 5.41) is 14.8. The zero-order valence-electron chi connectivity index (χ0n) is 13.4. The maximum absolute atomic E-state index is 12.4. The fraction of sp³-hybridized carbons (Fsp3) is 0.312. The van der Waals surface area contributed by atoms with Crippen molar-refractivity contribution in [3.05, 3.63) is 41.5 Å². The van der Waals surface area contributed by atoms with Gasteiger partial charge in [0, 0.05) is 6.21 Å². The molecule has 0 aliphatic carbocycles. The molecule has 0 fully saturated rings. The summed E-state index contributed by atoms with van der Waals surface area (Å²) in [5.74, 6) is -1.03. The Bertz CT molecular complexity index is 584. The van der Waals surface area contributed by atoms with E-state index in [2.05, 4.69) is 10.7 Å². The van der Waals surface area contributed by atoms with E-state index in [1.807, 2.05) is 0 Å². The first-order valence-corrected chi connectivity index (χ1v) is 7.26. The van der Waals surface area contributed by atoms with Crippen LogP contribution in [0.4, 0.5) is 13.2 Å². The molecule has 0 saturated heterocycles. The van der Waals surface area contributed by atoms with Crippen molar-refractivity contribution in [1.29, 1.82) is 5.41 Å². The Labute approximate surface area is 143 Å². The maximum Gasteiger partial charge on any atom is 0.416 e. The van der Waals surface area contributed by atoms with Gasteiger partial charge in [-0.1, -0.05) is 18.2 Å². The predicted molar refractivity (Wildman–Crippen MR) is 91.7 cm³/mol. The fourth-order valence-corrected chi connectivity index (χ4v) is 1.66. The van der Waals surface area contributed by atoms with Gasteiger partial charge in [0.05, 0.1) is 11.9 Å². The zero-order valence-corrected chi connectivity index (χ0v) is 13.4. The highest BCUT2D eigenvalue weighted by molar-refractivity contribution is 5.82. The van der Waals surface area contributed by atoms with Gasteiger partial charge in [0.15, 0.2) is 0 Å². The Morgan fingerprint density at radius 1 is 1.32 bits per heavy atom. The van der Waals surface area contributed by atoms with Crippen molar-refractivity contribution in [3.63, 3.8) is 0 Å². The molecular weight excluding hydrogens is 337 g/mol. The molecular formula is C16H21F3N4O2.